The van der Waals surface area contributed by atoms with Gasteiger partial charge in [-0.2, -0.15) is 0 Å². The highest BCUT2D eigenvalue weighted by Crippen LogP contribution is 2.28. The van der Waals surface area contributed by atoms with Gasteiger partial charge in [-0.25, -0.2) is 0 Å². The summed E-state index contributed by atoms with van der Waals surface area (Å²) in [6.07, 6.45) is 6.97. The van der Waals surface area contributed by atoms with E-state index in [-0.39, 0.29) is 12.5 Å². The topological polar surface area (TPSA) is 38.3 Å². The molecule has 22 heavy (non-hydrogen) atoms. The Bertz CT molecular complexity index is 552. The van der Waals surface area contributed by atoms with E-state index < -0.39 is 0 Å². The van der Waals surface area contributed by atoms with Crippen molar-refractivity contribution in [3.8, 4) is 5.75 Å². The molecule has 0 aliphatic heterocycles. The average Bonchev–Trinajstić information content (AvgIpc) is 2.52. The van der Waals surface area contributed by atoms with Crippen LogP contribution in [0.25, 0.3) is 0 Å². The molecule has 0 bridgehead atoms. The first-order chi connectivity index (χ1) is 10.6. The summed E-state index contributed by atoms with van der Waals surface area (Å²) < 4.78 is 6.49. The first-order valence-electron chi connectivity index (χ1n) is 7.93. The van der Waals surface area contributed by atoms with Crippen LogP contribution >= 0.6 is 15.9 Å². The molecule has 4 heteroatoms. The fraction of sp³-hybridized carbons (Fsp3) is 0.500. The molecule has 0 heterocycles. The zero-order chi connectivity index (χ0) is 15.9. The van der Waals surface area contributed by atoms with E-state index in [1.165, 1.54) is 24.0 Å². The number of hydrogen-bond acceptors (Lipinski definition) is 2. The molecule has 0 fully saturated rings. The summed E-state index contributed by atoms with van der Waals surface area (Å²) in [6, 6.07) is 6.00. The van der Waals surface area contributed by atoms with Gasteiger partial charge < -0.3 is 10.1 Å². The minimum Gasteiger partial charge on any atom is -0.483 e. The number of hydrogen-bond donors (Lipinski definition) is 1. The first kappa shape index (κ1) is 17.1. The lowest BCUT2D eigenvalue weighted by Crippen LogP contribution is -2.30. The van der Waals surface area contributed by atoms with Crippen molar-refractivity contribution in [2.75, 3.05) is 13.2 Å². The summed E-state index contributed by atoms with van der Waals surface area (Å²) >= 11 is 3.50. The summed E-state index contributed by atoms with van der Waals surface area (Å²) in [5, 5.41) is 2.92. The van der Waals surface area contributed by atoms with Gasteiger partial charge in [0.05, 0.1) is 4.47 Å². The summed E-state index contributed by atoms with van der Waals surface area (Å²) in [5.41, 5.74) is 2.58. The van der Waals surface area contributed by atoms with Crippen molar-refractivity contribution in [3.63, 3.8) is 0 Å². The van der Waals surface area contributed by atoms with Crippen molar-refractivity contribution in [1.82, 2.24) is 5.32 Å². The first-order valence-corrected chi connectivity index (χ1v) is 8.72. The molecule has 1 N–H and O–H groups in total. The Morgan fingerprint density at radius 1 is 1.36 bits per heavy atom. The summed E-state index contributed by atoms with van der Waals surface area (Å²) in [6.45, 7) is 4.99. The summed E-state index contributed by atoms with van der Waals surface area (Å²) in [4.78, 5) is 11.9. The van der Waals surface area contributed by atoms with Crippen molar-refractivity contribution < 1.29 is 9.53 Å². The van der Waals surface area contributed by atoms with Crippen molar-refractivity contribution in [2.24, 2.45) is 0 Å². The van der Waals surface area contributed by atoms with E-state index >= 15 is 0 Å². The highest BCUT2D eigenvalue weighted by molar-refractivity contribution is 9.10. The van der Waals surface area contributed by atoms with Crippen LogP contribution in [0.4, 0.5) is 0 Å². The van der Waals surface area contributed by atoms with Crippen LogP contribution in [-0.2, 0) is 4.79 Å². The molecule has 0 saturated carbocycles. The molecule has 1 amide bonds. The van der Waals surface area contributed by atoms with E-state index in [4.69, 9.17) is 4.74 Å². The second-order valence-corrected chi connectivity index (χ2v) is 6.87. The number of halogens is 1. The molecular formula is C18H24BrNO2. The van der Waals surface area contributed by atoms with Crippen LogP contribution < -0.4 is 10.1 Å². The van der Waals surface area contributed by atoms with Gasteiger partial charge in [0, 0.05) is 6.54 Å². The molecule has 1 aromatic rings. The predicted octanol–water partition coefficient (Wildman–Crippen LogP) is 4.57. The van der Waals surface area contributed by atoms with Gasteiger partial charge in [0.2, 0.25) is 0 Å². The van der Waals surface area contributed by atoms with Crippen molar-refractivity contribution in [1.29, 1.82) is 0 Å². The molecule has 2 rings (SSSR count). The van der Waals surface area contributed by atoms with Crippen LogP contribution in [0, 0.1) is 0 Å². The zero-order valence-corrected chi connectivity index (χ0v) is 14.9. The molecule has 0 aromatic heterocycles. The Morgan fingerprint density at radius 2 is 2.18 bits per heavy atom. The highest BCUT2D eigenvalue weighted by Gasteiger charge is 2.09. The number of ether oxygens (including phenoxy) is 1. The molecule has 0 spiro atoms. The van der Waals surface area contributed by atoms with Gasteiger partial charge in [-0.05, 0) is 65.2 Å². The van der Waals surface area contributed by atoms with Gasteiger partial charge in [0.15, 0.2) is 6.61 Å². The molecule has 1 aliphatic carbocycles. The van der Waals surface area contributed by atoms with E-state index in [9.17, 15) is 4.79 Å². The van der Waals surface area contributed by atoms with Crippen molar-refractivity contribution in [3.05, 3.63) is 39.9 Å². The normalized spacial score (nSPS) is 14.6. The lowest BCUT2D eigenvalue weighted by Gasteiger charge is -2.14. The Morgan fingerprint density at radius 3 is 2.82 bits per heavy atom. The van der Waals surface area contributed by atoms with Crippen LogP contribution in [0.5, 0.6) is 5.75 Å². The van der Waals surface area contributed by atoms with Gasteiger partial charge in [-0.1, -0.05) is 31.6 Å². The van der Waals surface area contributed by atoms with E-state index in [2.05, 4.69) is 41.2 Å². The van der Waals surface area contributed by atoms with E-state index in [1.54, 1.807) is 0 Å². The van der Waals surface area contributed by atoms with Crippen LogP contribution in [-0.4, -0.2) is 19.1 Å². The predicted molar refractivity (Wildman–Crippen MR) is 93.3 cm³/mol. The van der Waals surface area contributed by atoms with Gasteiger partial charge in [-0.3, -0.25) is 4.79 Å². The molecule has 1 aromatic carbocycles. The molecule has 1 aliphatic rings. The third-order valence-corrected chi connectivity index (χ3v) is 4.50. The number of carbonyl (C=O) groups excluding carboxylic acids is 1. The summed E-state index contributed by atoms with van der Waals surface area (Å²) in [7, 11) is 0. The number of allylic oxidation sites excluding steroid dienone is 1. The Balaban J connectivity index is 1.79. The maximum atomic E-state index is 11.9. The summed E-state index contributed by atoms with van der Waals surface area (Å²) in [5.74, 6) is 1.10. The van der Waals surface area contributed by atoms with Crippen molar-refractivity contribution >= 4 is 21.8 Å². The monoisotopic (exact) mass is 365 g/mol. The maximum Gasteiger partial charge on any atom is 0.258 e. The van der Waals surface area contributed by atoms with Gasteiger partial charge in [0.1, 0.15) is 5.75 Å². The largest absolute Gasteiger partial charge is 0.483 e. The third kappa shape index (κ3) is 5.16. The van der Waals surface area contributed by atoms with Crippen LogP contribution in [0.3, 0.4) is 0 Å². The standard InChI is InChI=1S/C18H24BrNO2/c1-13(2)15-8-9-17(16(19)10-15)22-12-18(21)20-11-14-6-4-3-5-7-14/h6,8-10,13H,3-5,7,11-12H2,1-2H3,(H,20,21). The number of rotatable bonds is 6. The molecule has 0 saturated heterocycles. The molecule has 3 nitrogen and oxygen atoms in total. The Labute approximate surface area is 141 Å². The van der Waals surface area contributed by atoms with E-state index in [0.717, 1.165) is 17.3 Å². The second-order valence-electron chi connectivity index (χ2n) is 6.02. The molecular weight excluding hydrogens is 342 g/mol. The Hall–Kier alpha value is -1.29. The number of benzene rings is 1. The zero-order valence-electron chi connectivity index (χ0n) is 13.3. The number of nitrogens with one attached hydrogen (secondary N) is 1. The van der Waals surface area contributed by atoms with E-state index in [0.29, 0.717) is 18.2 Å². The smallest absolute Gasteiger partial charge is 0.258 e. The fourth-order valence-corrected chi connectivity index (χ4v) is 2.98. The number of amides is 1. The van der Waals surface area contributed by atoms with Gasteiger partial charge in [0.25, 0.3) is 5.91 Å². The molecule has 0 unspecified atom stereocenters. The van der Waals surface area contributed by atoms with Crippen LogP contribution in [0.15, 0.2) is 34.3 Å². The SMILES string of the molecule is CC(C)c1ccc(OCC(=O)NCC2=CCCCC2)c(Br)c1. The van der Waals surface area contributed by atoms with Gasteiger partial charge >= 0.3 is 0 Å². The minimum atomic E-state index is -0.0775. The van der Waals surface area contributed by atoms with Gasteiger partial charge in [-0.15, -0.1) is 0 Å². The second kappa shape index (κ2) is 8.37. The third-order valence-electron chi connectivity index (χ3n) is 3.88. The maximum absolute atomic E-state index is 11.9. The Kier molecular flexibility index (Phi) is 6.49. The highest BCUT2D eigenvalue weighted by atomic mass is 79.9. The lowest BCUT2D eigenvalue weighted by atomic mass is 10.00. The van der Waals surface area contributed by atoms with Crippen LogP contribution in [0.1, 0.15) is 51.0 Å². The van der Waals surface area contributed by atoms with Crippen molar-refractivity contribution in [2.45, 2.75) is 45.4 Å². The van der Waals surface area contributed by atoms with Crippen LogP contribution in [0.2, 0.25) is 0 Å². The van der Waals surface area contributed by atoms with E-state index in [1.807, 2.05) is 18.2 Å². The quantitative estimate of drug-likeness (QED) is 0.749. The fourth-order valence-electron chi connectivity index (χ4n) is 2.46. The molecule has 0 atom stereocenters. The lowest BCUT2D eigenvalue weighted by molar-refractivity contribution is -0.122. The molecule has 0 radical (unpaired) electrons. The number of carbonyl (C=O) groups is 1. The minimum absolute atomic E-state index is 0.0485. The molecule has 120 valence electrons. The average molecular weight is 366 g/mol.